The van der Waals surface area contributed by atoms with Gasteiger partial charge in [-0.3, -0.25) is 19.3 Å². The van der Waals surface area contributed by atoms with E-state index in [2.05, 4.69) is 9.89 Å². The SMILES string of the molecule is O=C1N=C2CCCC(=O)C2C=C1C(=O)N1CCN2CCCCC2C1. The van der Waals surface area contributed by atoms with Crippen LogP contribution in [-0.4, -0.2) is 65.3 Å². The highest BCUT2D eigenvalue weighted by Crippen LogP contribution is 2.27. The van der Waals surface area contributed by atoms with Crippen LogP contribution in [0.5, 0.6) is 0 Å². The topological polar surface area (TPSA) is 70.0 Å². The summed E-state index contributed by atoms with van der Waals surface area (Å²) in [5.41, 5.74) is 0.744. The quantitative estimate of drug-likeness (QED) is 0.672. The van der Waals surface area contributed by atoms with Crippen molar-refractivity contribution < 1.29 is 14.4 Å². The van der Waals surface area contributed by atoms with Gasteiger partial charge >= 0.3 is 0 Å². The molecule has 0 aromatic heterocycles. The Morgan fingerprint density at radius 3 is 2.83 bits per heavy atom. The molecule has 128 valence electrons. The summed E-state index contributed by atoms with van der Waals surface area (Å²) in [5.74, 6) is -1.08. The van der Waals surface area contributed by atoms with Crippen molar-refractivity contribution in [2.75, 3.05) is 26.2 Å². The molecule has 3 heterocycles. The second kappa shape index (κ2) is 6.24. The van der Waals surface area contributed by atoms with Gasteiger partial charge in [0.15, 0.2) is 0 Å². The summed E-state index contributed by atoms with van der Waals surface area (Å²) in [6, 6.07) is 0.408. The fourth-order valence-corrected chi connectivity index (χ4v) is 4.36. The lowest BCUT2D eigenvalue weighted by Gasteiger charge is -2.44. The number of hydrogen-bond acceptors (Lipinski definition) is 4. The lowest BCUT2D eigenvalue weighted by atomic mass is 9.82. The third-order valence-corrected chi connectivity index (χ3v) is 5.73. The summed E-state index contributed by atoms with van der Waals surface area (Å²) < 4.78 is 0. The molecule has 0 N–H and O–H groups in total. The zero-order chi connectivity index (χ0) is 16.7. The Labute approximate surface area is 141 Å². The fourth-order valence-electron chi connectivity index (χ4n) is 4.36. The molecule has 6 nitrogen and oxygen atoms in total. The molecule has 0 spiro atoms. The molecule has 24 heavy (non-hydrogen) atoms. The van der Waals surface area contributed by atoms with E-state index in [1.807, 2.05) is 0 Å². The molecule has 4 aliphatic rings. The number of amides is 2. The van der Waals surface area contributed by atoms with Gasteiger partial charge in [0.25, 0.3) is 11.8 Å². The molecule has 2 amide bonds. The van der Waals surface area contributed by atoms with Crippen LogP contribution in [0.4, 0.5) is 0 Å². The summed E-state index contributed by atoms with van der Waals surface area (Å²) in [6.07, 6.45) is 7.08. The normalized spacial score (nSPS) is 31.1. The van der Waals surface area contributed by atoms with Gasteiger partial charge < -0.3 is 4.90 Å². The minimum atomic E-state index is -0.466. The number of allylic oxidation sites excluding steroid dienone is 1. The van der Waals surface area contributed by atoms with Gasteiger partial charge in [-0.1, -0.05) is 6.42 Å². The third-order valence-electron chi connectivity index (χ3n) is 5.73. The standard InChI is InChI=1S/C18H23N3O3/c22-16-6-3-5-15-13(16)10-14(17(23)19-15)18(24)21-9-8-20-7-2-1-4-12(20)11-21/h10,12-13H,1-9,11H2. The number of piperidine rings is 1. The van der Waals surface area contributed by atoms with Crippen LogP contribution in [0.15, 0.2) is 16.6 Å². The highest BCUT2D eigenvalue weighted by atomic mass is 16.2. The van der Waals surface area contributed by atoms with E-state index in [-0.39, 0.29) is 17.3 Å². The van der Waals surface area contributed by atoms with Crippen LogP contribution >= 0.6 is 0 Å². The predicted octanol–water partition coefficient (Wildman–Crippen LogP) is 0.960. The fraction of sp³-hybridized carbons (Fsp3) is 0.667. The molecular weight excluding hydrogens is 306 g/mol. The van der Waals surface area contributed by atoms with Gasteiger partial charge in [-0.2, -0.15) is 0 Å². The molecule has 0 radical (unpaired) electrons. The van der Waals surface area contributed by atoms with Crippen molar-refractivity contribution >= 4 is 23.3 Å². The van der Waals surface area contributed by atoms with E-state index in [1.165, 1.54) is 12.8 Å². The Morgan fingerprint density at radius 1 is 1.08 bits per heavy atom. The van der Waals surface area contributed by atoms with Crippen molar-refractivity contribution in [3.8, 4) is 0 Å². The molecule has 2 saturated heterocycles. The molecule has 3 fully saturated rings. The van der Waals surface area contributed by atoms with Crippen LogP contribution in [-0.2, 0) is 14.4 Å². The van der Waals surface area contributed by atoms with Crippen molar-refractivity contribution in [3.05, 3.63) is 11.6 Å². The Kier molecular flexibility index (Phi) is 4.08. The molecule has 2 unspecified atom stereocenters. The average Bonchev–Trinajstić information content (AvgIpc) is 2.60. The van der Waals surface area contributed by atoms with Crippen LogP contribution in [0, 0.1) is 5.92 Å². The Morgan fingerprint density at radius 2 is 1.96 bits per heavy atom. The molecular formula is C18H23N3O3. The molecule has 0 bridgehead atoms. The number of rotatable bonds is 1. The summed E-state index contributed by atoms with van der Waals surface area (Å²) in [5, 5.41) is 0. The first-order valence-electron chi connectivity index (χ1n) is 9.03. The van der Waals surface area contributed by atoms with Gasteiger partial charge in [-0.25, -0.2) is 4.99 Å². The molecule has 6 heteroatoms. The van der Waals surface area contributed by atoms with Gasteiger partial charge in [0.05, 0.1) is 5.92 Å². The third kappa shape index (κ3) is 2.73. The van der Waals surface area contributed by atoms with Gasteiger partial charge in [0, 0.05) is 37.8 Å². The molecule has 4 rings (SSSR count). The first-order valence-corrected chi connectivity index (χ1v) is 9.03. The maximum absolute atomic E-state index is 12.9. The van der Waals surface area contributed by atoms with E-state index >= 15 is 0 Å². The summed E-state index contributed by atoms with van der Waals surface area (Å²) in [4.78, 5) is 45.5. The number of carbonyl (C=O) groups excluding carboxylic acids is 3. The minimum Gasteiger partial charge on any atom is -0.336 e. The van der Waals surface area contributed by atoms with Crippen LogP contribution in [0.25, 0.3) is 0 Å². The predicted molar refractivity (Wildman–Crippen MR) is 88.7 cm³/mol. The van der Waals surface area contributed by atoms with Gasteiger partial charge in [0.1, 0.15) is 11.4 Å². The lowest BCUT2D eigenvalue weighted by Crippen LogP contribution is -2.56. The Bertz CT molecular complexity index is 652. The first kappa shape index (κ1) is 15.7. The highest BCUT2D eigenvalue weighted by molar-refractivity contribution is 6.26. The maximum atomic E-state index is 12.9. The number of nitrogens with zero attached hydrogens (tertiary/aromatic N) is 3. The van der Waals surface area contributed by atoms with Crippen molar-refractivity contribution in [3.63, 3.8) is 0 Å². The van der Waals surface area contributed by atoms with E-state index in [4.69, 9.17) is 0 Å². The number of aliphatic imine (C=N–C) groups is 1. The summed E-state index contributed by atoms with van der Waals surface area (Å²) in [6.45, 7) is 3.31. The van der Waals surface area contributed by atoms with Crippen molar-refractivity contribution in [2.45, 2.75) is 44.6 Å². The number of Topliss-reactive ketones (excluding diaryl/α,β-unsaturated/α-hetero) is 1. The molecule has 2 atom stereocenters. The number of dihydropyridines is 1. The zero-order valence-corrected chi connectivity index (χ0v) is 13.9. The van der Waals surface area contributed by atoms with E-state index in [0.29, 0.717) is 37.7 Å². The van der Waals surface area contributed by atoms with Crippen molar-refractivity contribution in [1.29, 1.82) is 0 Å². The van der Waals surface area contributed by atoms with Crippen LogP contribution < -0.4 is 0 Å². The average molecular weight is 329 g/mol. The molecule has 0 aromatic rings. The minimum absolute atomic E-state index is 0.0786. The van der Waals surface area contributed by atoms with Crippen LogP contribution in [0.1, 0.15) is 38.5 Å². The van der Waals surface area contributed by atoms with E-state index in [0.717, 1.165) is 25.9 Å². The largest absolute Gasteiger partial charge is 0.336 e. The van der Waals surface area contributed by atoms with Crippen molar-refractivity contribution in [1.82, 2.24) is 9.80 Å². The van der Waals surface area contributed by atoms with Crippen LogP contribution in [0.3, 0.4) is 0 Å². The second-order valence-electron chi connectivity index (χ2n) is 7.22. The zero-order valence-electron chi connectivity index (χ0n) is 13.9. The maximum Gasteiger partial charge on any atom is 0.282 e. The van der Waals surface area contributed by atoms with Gasteiger partial charge in [0.2, 0.25) is 0 Å². The smallest absolute Gasteiger partial charge is 0.282 e. The Balaban J connectivity index is 1.51. The highest BCUT2D eigenvalue weighted by Gasteiger charge is 2.37. The van der Waals surface area contributed by atoms with Crippen molar-refractivity contribution in [2.24, 2.45) is 10.9 Å². The van der Waals surface area contributed by atoms with E-state index in [1.54, 1.807) is 11.0 Å². The molecule has 0 aromatic carbocycles. The van der Waals surface area contributed by atoms with Crippen LogP contribution in [0.2, 0.25) is 0 Å². The first-order chi connectivity index (χ1) is 11.6. The summed E-state index contributed by atoms with van der Waals surface area (Å²) in [7, 11) is 0. The lowest BCUT2D eigenvalue weighted by molar-refractivity contribution is -0.132. The second-order valence-corrected chi connectivity index (χ2v) is 7.22. The van der Waals surface area contributed by atoms with Gasteiger partial charge in [-0.05, 0) is 38.3 Å². The van der Waals surface area contributed by atoms with E-state index < -0.39 is 11.8 Å². The number of piperazine rings is 1. The van der Waals surface area contributed by atoms with E-state index in [9.17, 15) is 14.4 Å². The number of carbonyl (C=O) groups is 3. The molecule has 3 aliphatic heterocycles. The van der Waals surface area contributed by atoms with Gasteiger partial charge in [-0.15, -0.1) is 0 Å². The Hall–Kier alpha value is -1.82. The molecule has 1 aliphatic carbocycles. The number of fused-ring (bicyclic) bond motifs is 2. The molecule has 1 saturated carbocycles. The number of hydrogen-bond donors (Lipinski definition) is 0. The number of ketones is 1. The summed E-state index contributed by atoms with van der Waals surface area (Å²) >= 11 is 0. The monoisotopic (exact) mass is 329 g/mol.